The molecule has 0 saturated heterocycles. The third-order valence-electron chi connectivity index (χ3n) is 1.03. The van der Waals surface area contributed by atoms with Crippen LogP contribution in [-0.4, -0.2) is 9.55 Å². The molecule has 1 aromatic rings. The van der Waals surface area contributed by atoms with Crippen LogP contribution in [0.2, 0.25) is 0 Å². The molecule has 0 N–H and O–H groups in total. The minimum Gasteiger partial charge on any atom is -0.327 e. The number of imidazole rings is 1. The highest BCUT2D eigenvalue weighted by molar-refractivity contribution is 4.73. The Morgan fingerprint density at radius 1 is 1.62 bits per heavy atom. The van der Waals surface area contributed by atoms with E-state index in [0.29, 0.717) is 6.04 Å². The van der Waals surface area contributed by atoms with E-state index in [2.05, 4.69) is 25.0 Å². The Morgan fingerprint density at radius 2 is 2.38 bits per heavy atom. The molecule has 1 rings (SSSR count). The minimum absolute atomic E-state index is 0.484. The van der Waals surface area contributed by atoms with Gasteiger partial charge >= 0.3 is 0 Å². The summed E-state index contributed by atoms with van der Waals surface area (Å²) in [6, 6.07) is 0.484. The first-order valence-electron chi connectivity index (χ1n) is 2.70. The van der Waals surface area contributed by atoms with Crippen LogP contribution >= 0.6 is 0 Å². The monoisotopic (exact) mass is 109 g/mol. The second-order valence-corrected chi connectivity index (χ2v) is 2.02. The molecule has 0 unspecified atom stereocenters. The molecule has 0 aliphatic rings. The van der Waals surface area contributed by atoms with Gasteiger partial charge in [0.15, 0.2) is 0 Å². The molecule has 0 amide bonds. The second-order valence-electron chi connectivity index (χ2n) is 2.02. The third-order valence-corrected chi connectivity index (χ3v) is 1.03. The molecule has 1 aromatic heterocycles. The molecule has 1 radical (unpaired) electrons. The fourth-order valence-electron chi connectivity index (χ4n) is 0.521. The molecule has 0 aromatic carbocycles. The van der Waals surface area contributed by atoms with Crippen molar-refractivity contribution in [2.24, 2.45) is 0 Å². The first-order valence-corrected chi connectivity index (χ1v) is 2.70. The van der Waals surface area contributed by atoms with Crippen LogP contribution in [0.5, 0.6) is 0 Å². The lowest BCUT2D eigenvalue weighted by molar-refractivity contribution is 0.596. The summed E-state index contributed by atoms with van der Waals surface area (Å²) < 4.78 is 1.93. The fraction of sp³-hybridized carbons (Fsp3) is 0.500. The van der Waals surface area contributed by atoms with E-state index in [4.69, 9.17) is 0 Å². The van der Waals surface area contributed by atoms with Gasteiger partial charge in [-0.05, 0) is 13.8 Å². The van der Waals surface area contributed by atoms with Crippen molar-refractivity contribution in [1.29, 1.82) is 0 Å². The van der Waals surface area contributed by atoms with Crippen LogP contribution in [0.1, 0.15) is 19.9 Å². The minimum atomic E-state index is 0.484. The number of rotatable bonds is 1. The van der Waals surface area contributed by atoms with Crippen molar-refractivity contribution in [2.75, 3.05) is 0 Å². The molecule has 0 aliphatic heterocycles. The zero-order valence-corrected chi connectivity index (χ0v) is 5.13. The topological polar surface area (TPSA) is 17.8 Å². The van der Waals surface area contributed by atoms with Gasteiger partial charge in [-0.1, -0.05) is 0 Å². The molecule has 0 bridgehead atoms. The van der Waals surface area contributed by atoms with E-state index in [1.165, 1.54) is 0 Å². The summed E-state index contributed by atoms with van der Waals surface area (Å²) in [5.74, 6) is 0. The van der Waals surface area contributed by atoms with Gasteiger partial charge in [0.2, 0.25) is 0 Å². The maximum absolute atomic E-state index is 3.85. The Labute approximate surface area is 49.2 Å². The number of nitrogens with zero attached hydrogens (tertiary/aromatic N) is 2. The Hall–Kier alpha value is -0.790. The highest BCUT2D eigenvalue weighted by Crippen LogP contribution is 1.98. The standard InChI is InChI=1S/C6H9N2/c1-6(2)8-4-3-7-5-8/h3,5-6H,1-2H3. The molecule has 0 saturated carbocycles. The van der Waals surface area contributed by atoms with Crippen molar-refractivity contribution in [3.8, 4) is 0 Å². The lowest BCUT2D eigenvalue weighted by Crippen LogP contribution is -1.95. The van der Waals surface area contributed by atoms with Crippen LogP contribution in [-0.2, 0) is 0 Å². The molecular formula is C6H9N2. The molecule has 8 heavy (non-hydrogen) atoms. The molecule has 2 heteroatoms. The van der Waals surface area contributed by atoms with Gasteiger partial charge in [-0.15, -0.1) is 0 Å². The van der Waals surface area contributed by atoms with E-state index < -0.39 is 0 Å². The normalized spacial score (nSPS) is 10.4. The van der Waals surface area contributed by atoms with E-state index in [0.717, 1.165) is 0 Å². The van der Waals surface area contributed by atoms with Crippen LogP contribution in [0.25, 0.3) is 0 Å². The Kier molecular flexibility index (Phi) is 1.33. The smallest absolute Gasteiger partial charge is 0.0953 e. The first-order chi connectivity index (χ1) is 3.80. The van der Waals surface area contributed by atoms with Gasteiger partial charge in [-0.25, -0.2) is 4.98 Å². The molecule has 0 atom stereocenters. The average molecular weight is 109 g/mol. The zero-order chi connectivity index (χ0) is 5.98. The number of aromatic nitrogens is 2. The predicted octanol–water partition coefficient (Wildman–Crippen LogP) is 1.26. The van der Waals surface area contributed by atoms with Crippen molar-refractivity contribution in [1.82, 2.24) is 9.55 Å². The summed E-state index contributed by atoms with van der Waals surface area (Å²) in [7, 11) is 0. The molecular weight excluding hydrogens is 100 g/mol. The molecule has 0 aliphatic carbocycles. The molecule has 1 heterocycles. The predicted molar refractivity (Wildman–Crippen MR) is 31.4 cm³/mol. The SMILES string of the molecule is CC(C)n1[c]cnc1. The van der Waals surface area contributed by atoms with Crippen LogP contribution in [0.3, 0.4) is 0 Å². The fourth-order valence-corrected chi connectivity index (χ4v) is 0.521. The average Bonchev–Trinajstić information content (AvgIpc) is 2.12. The highest BCUT2D eigenvalue weighted by atomic mass is 15.0. The first kappa shape index (κ1) is 5.35. The van der Waals surface area contributed by atoms with Crippen molar-refractivity contribution in [2.45, 2.75) is 19.9 Å². The van der Waals surface area contributed by atoms with E-state index in [1.54, 1.807) is 12.5 Å². The third kappa shape index (κ3) is 0.886. The lowest BCUT2D eigenvalue weighted by Gasteiger charge is -2.01. The van der Waals surface area contributed by atoms with Crippen LogP contribution in [0.4, 0.5) is 0 Å². The van der Waals surface area contributed by atoms with Gasteiger partial charge < -0.3 is 4.57 Å². The van der Waals surface area contributed by atoms with Crippen molar-refractivity contribution < 1.29 is 0 Å². The van der Waals surface area contributed by atoms with Gasteiger partial charge in [0.1, 0.15) is 0 Å². The Balaban J connectivity index is 2.77. The number of hydrogen-bond donors (Lipinski definition) is 0. The van der Waals surface area contributed by atoms with Gasteiger partial charge in [-0.2, -0.15) is 0 Å². The maximum Gasteiger partial charge on any atom is 0.0953 e. The summed E-state index contributed by atoms with van der Waals surface area (Å²) >= 11 is 0. The van der Waals surface area contributed by atoms with Crippen molar-refractivity contribution >= 4 is 0 Å². The summed E-state index contributed by atoms with van der Waals surface area (Å²) in [4.78, 5) is 3.85. The number of hydrogen-bond acceptors (Lipinski definition) is 1. The highest BCUT2D eigenvalue weighted by Gasteiger charge is 1.91. The van der Waals surface area contributed by atoms with Gasteiger partial charge in [0, 0.05) is 6.04 Å². The summed E-state index contributed by atoms with van der Waals surface area (Å²) in [6.07, 6.45) is 6.38. The molecule has 2 nitrogen and oxygen atoms in total. The zero-order valence-electron chi connectivity index (χ0n) is 5.13. The maximum atomic E-state index is 3.85. The van der Waals surface area contributed by atoms with E-state index in [1.807, 2.05) is 4.57 Å². The molecule has 0 spiro atoms. The Morgan fingerprint density at radius 3 is 2.62 bits per heavy atom. The van der Waals surface area contributed by atoms with Gasteiger partial charge in [-0.3, -0.25) is 0 Å². The van der Waals surface area contributed by atoms with E-state index in [9.17, 15) is 0 Å². The molecule has 43 valence electrons. The second kappa shape index (κ2) is 1.99. The molecule has 0 fully saturated rings. The lowest BCUT2D eigenvalue weighted by atomic mass is 10.4. The summed E-state index contributed by atoms with van der Waals surface area (Å²) in [5.41, 5.74) is 0. The van der Waals surface area contributed by atoms with E-state index >= 15 is 0 Å². The summed E-state index contributed by atoms with van der Waals surface area (Å²) in [6.45, 7) is 4.19. The van der Waals surface area contributed by atoms with Crippen molar-refractivity contribution in [3.05, 3.63) is 18.7 Å². The largest absolute Gasteiger partial charge is 0.327 e. The van der Waals surface area contributed by atoms with E-state index in [-0.39, 0.29) is 0 Å². The van der Waals surface area contributed by atoms with Crippen molar-refractivity contribution in [3.63, 3.8) is 0 Å². The van der Waals surface area contributed by atoms with Gasteiger partial charge in [0.25, 0.3) is 0 Å². The van der Waals surface area contributed by atoms with Crippen LogP contribution in [0, 0.1) is 6.20 Å². The van der Waals surface area contributed by atoms with Crippen LogP contribution < -0.4 is 0 Å². The quantitative estimate of drug-likeness (QED) is 0.531. The van der Waals surface area contributed by atoms with Crippen LogP contribution in [0.15, 0.2) is 12.5 Å². The Bertz CT molecular complexity index is 142. The summed E-state index contributed by atoms with van der Waals surface area (Å²) in [5, 5.41) is 0. The van der Waals surface area contributed by atoms with Gasteiger partial charge in [0.05, 0.1) is 18.7 Å².